The number of nitrogens with one attached hydrogen (secondary N) is 2. The normalized spacial score (nSPS) is 27.9. The lowest BCUT2D eigenvalue weighted by Crippen LogP contribution is -2.39. The molecule has 1 aliphatic heterocycles. The predicted octanol–water partition coefficient (Wildman–Crippen LogP) is 1.29. The fourth-order valence-corrected chi connectivity index (χ4v) is 2.63. The van der Waals surface area contributed by atoms with Gasteiger partial charge in [-0.05, 0) is 37.5 Å². The van der Waals surface area contributed by atoms with Crippen molar-refractivity contribution in [1.29, 1.82) is 5.26 Å². The molecule has 0 unspecified atom stereocenters. The van der Waals surface area contributed by atoms with E-state index in [1.807, 2.05) is 12.1 Å². The molecule has 1 aliphatic carbocycles. The highest BCUT2D eigenvalue weighted by atomic mass is 16.3. The minimum Gasteiger partial charge on any atom is -0.391 e. The van der Waals surface area contributed by atoms with Crippen molar-refractivity contribution < 1.29 is 5.11 Å². The molecule has 6 nitrogen and oxygen atoms in total. The Bertz CT molecular complexity index is 672. The molecule has 2 atom stereocenters. The molecule has 0 saturated heterocycles. The van der Waals surface area contributed by atoms with Crippen molar-refractivity contribution in [2.24, 2.45) is 4.99 Å². The molecule has 3 rings (SSSR count). The van der Waals surface area contributed by atoms with Crippen molar-refractivity contribution in [2.45, 2.75) is 31.4 Å². The van der Waals surface area contributed by atoms with Crippen LogP contribution in [0.3, 0.4) is 0 Å². The molecule has 0 radical (unpaired) electrons. The van der Waals surface area contributed by atoms with Gasteiger partial charge in [0.05, 0.1) is 23.5 Å². The van der Waals surface area contributed by atoms with Crippen LogP contribution in [0.15, 0.2) is 47.4 Å². The van der Waals surface area contributed by atoms with Crippen molar-refractivity contribution in [2.75, 3.05) is 0 Å². The zero-order chi connectivity index (χ0) is 15.4. The molecule has 6 heteroatoms. The summed E-state index contributed by atoms with van der Waals surface area (Å²) in [5, 5.41) is 25.4. The van der Waals surface area contributed by atoms with Crippen LogP contribution in [0.1, 0.15) is 25.0 Å². The zero-order valence-corrected chi connectivity index (χ0v) is 12.0. The van der Waals surface area contributed by atoms with E-state index in [0.717, 1.165) is 19.3 Å². The Morgan fingerprint density at radius 3 is 3.00 bits per heavy atom. The van der Waals surface area contributed by atoms with Gasteiger partial charge in [-0.15, -0.1) is 0 Å². The van der Waals surface area contributed by atoms with Crippen LogP contribution in [0.2, 0.25) is 0 Å². The Hall–Kier alpha value is -2.65. The highest BCUT2D eigenvalue weighted by molar-refractivity contribution is 5.89. The smallest absolute Gasteiger partial charge is 0.200 e. The molecule has 0 aromatic carbocycles. The molecule has 22 heavy (non-hydrogen) atoms. The molecule has 2 aliphatic rings. The number of aromatic nitrogens is 1. The molecule has 0 spiro atoms. The fraction of sp³-hybridized carbons (Fsp3) is 0.312. The molecule has 0 bridgehead atoms. The first-order valence-corrected chi connectivity index (χ1v) is 7.29. The molecule has 1 saturated carbocycles. The molecule has 1 fully saturated rings. The second kappa shape index (κ2) is 6.41. The van der Waals surface area contributed by atoms with E-state index in [1.54, 1.807) is 24.5 Å². The Labute approximate surface area is 128 Å². The van der Waals surface area contributed by atoms with Crippen molar-refractivity contribution in [3.05, 3.63) is 48.1 Å². The number of aliphatic hydroxyl groups excluding tert-OH is 1. The summed E-state index contributed by atoms with van der Waals surface area (Å²) in [5.41, 5.74) is 1.71. The number of aliphatic imine (C=N–C) groups is 1. The molecule has 3 N–H and O–H groups in total. The molecule has 0 amide bonds. The number of guanidine groups is 1. The first-order chi connectivity index (χ1) is 10.8. The number of nitrogens with zero attached hydrogens (tertiary/aromatic N) is 3. The maximum absolute atomic E-state index is 9.86. The number of hydrogen-bond donors (Lipinski definition) is 3. The number of nitriles is 1. The molecule has 2 heterocycles. The third kappa shape index (κ3) is 3.00. The van der Waals surface area contributed by atoms with Crippen LogP contribution in [0.25, 0.3) is 5.57 Å². The summed E-state index contributed by atoms with van der Waals surface area (Å²) >= 11 is 0. The monoisotopic (exact) mass is 295 g/mol. The van der Waals surface area contributed by atoms with Gasteiger partial charge in [-0.25, -0.2) is 4.99 Å². The van der Waals surface area contributed by atoms with E-state index in [4.69, 9.17) is 0 Å². The third-order valence-electron chi connectivity index (χ3n) is 3.76. The van der Waals surface area contributed by atoms with E-state index in [2.05, 4.69) is 26.7 Å². The lowest BCUT2D eigenvalue weighted by Gasteiger charge is -2.19. The Kier molecular flexibility index (Phi) is 4.17. The van der Waals surface area contributed by atoms with E-state index in [-0.39, 0.29) is 12.1 Å². The quantitative estimate of drug-likeness (QED) is 0.715. The number of hydrogen-bond acceptors (Lipinski definition) is 4. The van der Waals surface area contributed by atoms with Gasteiger partial charge in [-0.1, -0.05) is 6.07 Å². The minimum atomic E-state index is -0.388. The maximum atomic E-state index is 9.86. The summed E-state index contributed by atoms with van der Waals surface area (Å²) < 4.78 is 0. The predicted molar refractivity (Wildman–Crippen MR) is 83.3 cm³/mol. The number of pyridine rings is 1. The Balaban J connectivity index is 1.87. The Morgan fingerprint density at radius 1 is 1.41 bits per heavy atom. The first kappa shape index (κ1) is 14.3. The van der Waals surface area contributed by atoms with Gasteiger partial charge in [0.2, 0.25) is 0 Å². The molecule has 1 aromatic heterocycles. The van der Waals surface area contributed by atoms with Gasteiger partial charge >= 0.3 is 0 Å². The number of allylic oxidation sites excluding steroid dienone is 2. The van der Waals surface area contributed by atoms with Crippen molar-refractivity contribution in [1.82, 2.24) is 15.6 Å². The minimum absolute atomic E-state index is 0.0943. The standard InChI is InChI=1S/C16H17N5O/c17-10-11(12-4-1-2-8-18-12)13-7-9-19-16(20-13)21-14-5-3-6-15(14)22/h1-2,4,7-9,14-15,22H,3,5-6H2,(H2,19,20,21)/t14-,15-/m0/s1. The van der Waals surface area contributed by atoms with Gasteiger partial charge < -0.3 is 15.7 Å². The molecule has 112 valence electrons. The van der Waals surface area contributed by atoms with Crippen molar-refractivity contribution in [3.63, 3.8) is 0 Å². The summed E-state index contributed by atoms with van der Waals surface area (Å²) in [6.45, 7) is 0. The lowest BCUT2D eigenvalue weighted by molar-refractivity contribution is 0.166. The van der Waals surface area contributed by atoms with Gasteiger partial charge in [0, 0.05) is 12.4 Å². The first-order valence-electron chi connectivity index (χ1n) is 7.29. The summed E-state index contributed by atoms with van der Waals surface area (Å²) in [7, 11) is 0. The van der Waals surface area contributed by atoms with Gasteiger partial charge in [-0.3, -0.25) is 4.98 Å². The highest BCUT2D eigenvalue weighted by Gasteiger charge is 2.25. The van der Waals surface area contributed by atoms with Crippen LogP contribution in [-0.2, 0) is 0 Å². The van der Waals surface area contributed by atoms with Crippen LogP contribution in [0.4, 0.5) is 0 Å². The summed E-state index contributed by atoms with van der Waals surface area (Å²) in [6.07, 6.45) is 7.42. The van der Waals surface area contributed by atoms with Crippen LogP contribution in [-0.4, -0.2) is 28.2 Å². The average molecular weight is 295 g/mol. The second-order valence-corrected chi connectivity index (χ2v) is 5.26. The van der Waals surface area contributed by atoms with E-state index in [9.17, 15) is 10.4 Å². The summed E-state index contributed by atoms with van der Waals surface area (Å²) in [5.74, 6) is 0.548. The second-order valence-electron chi connectivity index (χ2n) is 5.26. The van der Waals surface area contributed by atoms with Crippen LogP contribution in [0.5, 0.6) is 0 Å². The van der Waals surface area contributed by atoms with E-state index >= 15 is 0 Å². The topological polar surface area (TPSA) is 93.3 Å². The molecular formula is C16H17N5O. The lowest BCUT2D eigenvalue weighted by atomic mass is 10.1. The number of rotatable bonds is 2. The molecule has 1 aromatic rings. The van der Waals surface area contributed by atoms with E-state index in [0.29, 0.717) is 22.9 Å². The summed E-state index contributed by atoms with van der Waals surface area (Å²) in [6, 6.07) is 7.53. The van der Waals surface area contributed by atoms with E-state index in [1.165, 1.54) is 0 Å². The van der Waals surface area contributed by atoms with Crippen molar-refractivity contribution in [3.8, 4) is 6.07 Å². The highest BCUT2D eigenvalue weighted by Crippen LogP contribution is 2.22. The summed E-state index contributed by atoms with van der Waals surface area (Å²) in [4.78, 5) is 8.72. The van der Waals surface area contributed by atoms with Crippen LogP contribution >= 0.6 is 0 Å². The zero-order valence-electron chi connectivity index (χ0n) is 12.0. The Morgan fingerprint density at radius 2 is 2.32 bits per heavy atom. The van der Waals surface area contributed by atoms with Gasteiger partial charge in [0.15, 0.2) is 5.96 Å². The van der Waals surface area contributed by atoms with Gasteiger partial charge in [0.1, 0.15) is 11.6 Å². The van der Waals surface area contributed by atoms with Crippen molar-refractivity contribution >= 4 is 11.5 Å². The van der Waals surface area contributed by atoms with Crippen LogP contribution in [0, 0.1) is 11.3 Å². The maximum Gasteiger partial charge on any atom is 0.200 e. The van der Waals surface area contributed by atoms with Crippen LogP contribution < -0.4 is 10.6 Å². The fourth-order valence-electron chi connectivity index (χ4n) is 2.63. The average Bonchev–Trinajstić information content (AvgIpc) is 2.95. The largest absolute Gasteiger partial charge is 0.391 e. The van der Waals surface area contributed by atoms with Gasteiger partial charge in [-0.2, -0.15) is 5.26 Å². The SMILES string of the molecule is N#CC(=C1C=CNC(=N[C@H]2CCC[C@@H]2O)N1)c1ccccn1. The van der Waals surface area contributed by atoms with Gasteiger partial charge in [0.25, 0.3) is 0 Å². The third-order valence-corrected chi connectivity index (χ3v) is 3.76. The molecular weight excluding hydrogens is 278 g/mol. The van der Waals surface area contributed by atoms with E-state index < -0.39 is 0 Å². The number of aliphatic hydroxyl groups is 1.